The van der Waals surface area contributed by atoms with Crippen LogP contribution in [0.4, 0.5) is 0 Å². The van der Waals surface area contributed by atoms with Crippen LogP contribution >= 0.6 is 0 Å². The van der Waals surface area contributed by atoms with E-state index in [0.29, 0.717) is 0 Å². The van der Waals surface area contributed by atoms with Gasteiger partial charge in [-0.05, 0) is 0 Å². The SMILES string of the molecule is COc1nc[nH]c(=O)c1OC. The van der Waals surface area contributed by atoms with Gasteiger partial charge in [-0.1, -0.05) is 0 Å². The van der Waals surface area contributed by atoms with Crippen molar-refractivity contribution in [1.29, 1.82) is 0 Å². The highest BCUT2D eigenvalue weighted by atomic mass is 16.5. The van der Waals surface area contributed by atoms with Gasteiger partial charge >= 0.3 is 0 Å². The van der Waals surface area contributed by atoms with Gasteiger partial charge in [-0.25, -0.2) is 4.98 Å². The lowest BCUT2D eigenvalue weighted by Gasteiger charge is -2.02. The van der Waals surface area contributed by atoms with Crippen molar-refractivity contribution in [3.8, 4) is 11.6 Å². The number of hydrogen-bond acceptors (Lipinski definition) is 4. The van der Waals surface area contributed by atoms with Crippen LogP contribution in [-0.4, -0.2) is 24.2 Å². The van der Waals surface area contributed by atoms with Gasteiger partial charge in [0.15, 0.2) is 0 Å². The Morgan fingerprint density at radius 3 is 2.64 bits per heavy atom. The summed E-state index contributed by atoms with van der Waals surface area (Å²) in [6.45, 7) is 0. The highest BCUT2D eigenvalue weighted by Gasteiger charge is 2.07. The molecule has 0 bridgehead atoms. The second-order valence-electron chi connectivity index (χ2n) is 1.77. The maximum Gasteiger partial charge on any atom is 0.297 e. The van der Waals surface area contributed by atoms with Crippen molar-refractivity contribution in [2.24, 2.45) is 0 Å². The van der Waals surface area contributed by atoms with Crippen molar-refractivity contribution < 1.29 is 9.47 Å². The molecule has 0 aliphatic heterocycles. The maximum absolute atomic E-state index is 10.9. The van der Waals surface area contributed by atoms with E-state index in [0.717, 1.165) is 0 Å². The first kappa shape index (κ1) is 7.59. The van der Waals surface area contributed by atoms with Gasteiger partial charge in [0.1, 0.15) is 0 Å². The minimum Gasteiger partial charge on any atom is -0.487 e. The number of hydrogen-bond donors (Lipinski definition) is 1. The van der Waals surface area contributed by atoms with E-state index in [1.54, 1.807) is 0 Å². The Kier molecular flexibility index (Phi) is 2.10. The maximum atomic E-state index is 10.9. The fourth-order valence-electron chi connectivity index (χ4n) is 0.696. The van der Waals surface area contributed by atoms with Crippen LogP contribution in [0, 0.1) is 0 Å². The molecule has 0 atom stereocenters. The smallest absolute Gasteiger partial charge is 0.297 e. The lowest BCUT2D eigenvalue weighted by atomic mass is 10.5. The summed E-state index contributed by atoms with van der Waals surface area (Å²) in [5.74, 6) is 0.284. The fraction of sp³-hybridized carbons (Fsp3) is 0.333. The van der Waals surface area contributed by atoms with Crippen molar-refractivity contribution in [3.63, 3.8) is 0 Å². The van der Waals surface area contributed by atoms with Crippen molar-refractivity contribution in [2.75, 3.05) is 14.2 Å². The van der Waals surface area contributed by atoms with Crippen LogP contribution < -0.4 is 15.0 Å². The van der Waals surface area contributed by atoms with E-state index in [1.165, 1.54) is 20.5 Å². The molecule has 0 amide bonds. The molecule has 0 saturated heterocycles. The van der Waals surface area contributed by atoms with Crippen LogP contribution in [0.1, 0.15) is 0 Å². The Labute approximate surface area is 63.0 Å². The van der Waals surface area contributed by atoms with E-state index >= 15 is 0 Å². The van der Waals surface area contributed by atoms with Crippen LogP contribution in [0.3, 0.4) is 0 Å². The molecule has 1 N–H and O–H groups in total. The number of aromatic nitrogens is 2. The summed E-state index contributed by atoms with van der Waals surface area (Å²) >= 11 is 0. The summed E-state index contributed by atoms with van der Waals surface area (Å²) in [4.78, 5) is 17.0. The average Bonchev–Trinajstić information content (AvgIpc) is 2.04. The molecule has 0 aliphatic carbocycles. The predicted molar refractivity (Wildman–Crippen MR) is 38.0 cm³/mol. The lowest BCUT2D eigenvalue weighted by Crippen LogP contribution is -2.10. The van der Waals surface area contributed by atoms with Gasteiger partial charge in [0, 0.05) is 0 Å². The van der Waals surface area contributed by atoms with Crippen LogP contribution in [0.25, 0.3) is 0 Å². The second-order valence-corrected chi connectivity index (χ2v) is 1.77. The van der Waals surface area contributed by atoms with Crippen molar-refractivity contribution in [3.05, 3.63) is 16.7 Å². The number of nitrogens with zero attached hydrogens (tertiary/aromatic N) is 1. The average molecular weight is 156 g/mol. The molecule has 0 spiro atoms. The van der Waals surface area contributed by atoms with Gasteiger partial charge < -0.3 is 14.5 Å². The number of H-pyrrole nitrogens is 1. The fourth-order valence-corrected chi connectivity index (χ4v) is 0.696. The third kappa shape index (κ3) is 1.31. The lowest BCUT2D eigenvalue weighted by molar-refractivity contribution is 0.337. The molecule has 0 fully saturated rings. The van der Waals surface area contributed by atoms with Crippen molar-refractivity contribution >= 4 is 0 Å². The first-order chi connectivity index (χ1) is 5.29. The van der Waals surface area contributed by atoms with Gasteiger partial charge in [-0.2, -0.15) is 0 Å². The predicted octanol–water partition coefficient (Wildman–Crippen LogP) is -0.213. The molecule has 0 aliphatic rings. The van der Waals surface area contributed by atoms with Crippen molar-refractivity contribution in [1.82, 2.24) is 9.97 Å². The molecule has 5 heteroatoms. The highest BCUT2D eigenvalue weighted by molar-refractivity contribution is 5.29. The number of rotatable bonds is 2. The second kappa shape index (κ2) is 3.05. The molecule has 60 valence electrons. The monoisotopic (exact) mass is 156 g/mol. The molecule has 1 aromatic heterocycles. The summed E-state index contributed by atoms with van der Waals surface area (Å²) in [5.41, 5.74) is -0.348. The molecule has 1 heterocycles. The Morgan fingerprint density at radius 2 is 2.18 bits per heavy atom. The highest BCUT2D eigenvalue weighted by Crippen LogP contribution is 2.15. The number of aromatic amines is 1. The first-order valence-corrected chi connectivity index (χ1v) is 2.95. The largest absolute Gasteiger partial charge is 0.487 e. The van der Waals surface area contributed by atoms with Gasteiger partial charge in [-0.15, -0.1) is 0 Å². The van der Waals surface area contributed by atoms with Crippen LogP contribution in [0.2, 0.25) is 0 Å². The van der Waals surface area contributed by atoms with E-state index in [-0.39, 0.29) is 17.2 Å². The molecule has 0 unspecified atom stereocenters. The third-order valence-corrected chi connectivity index (χ3v) is 1.18. The Bertz CT molecular complexity index is 294. The summed E-state index contributed by atoms with van der Waals surface area (Å²) in [7, 11) is 2.80. The Hall–Kier alpha value is -1.52. The molecular formula is C6H8N2O3. The molecule has 11 heavy (non-hydrogen) atoms. The summed E-state index contributed by atoms with van der Waals surface area (Å²) in [6.07, 6.45) is 1.25. The zero-order valence-electron chi connectivity index (χ0n) is 6.25. The summed E-state index contributed by atoms with van der Waals surface area (Å²) < 4.78 is 9.50. The van der Waals surface area contributed by atoms with Gasteiger partial charge in [0.05, 0.1) is 20.5 Å². The summed E-state index contributed by atoms with van der Waals surface area (Å²) in [6, 6.07) is 0. The molecule has 0 saturated carbocycles. The van der Waals surface area contributed by atoms with E-state index in [9.17, 15) is 4.79 Å². The minimum atomic E-state index is -0.348. The normalized spacial score (nSPS) is 9.27. The van der Waals surface area contributed by atoms with E-state index < -0.39 is 0 Å². The zero-order chi connectivity index (χ0) is 8.27. The van der Waals surface area contributed by atoms with Crippen LogP contribution in [0.5, 0.6) is 11.6 Å². The van der Waals surface area contributed by atoms with Gasteiger partial charge in [0.2, 0.25) is 5.75 Å². The van der Waals surface area contributed by atoms with Crippen molar-refractivity contribution in [2.45, 2.75) is 0 Å². The zero-order valence-corrected chi connectivity index (χ0v) is 6.25. The number of methoxy groups -OCH3 is 2. The standard InChI is InChI=1S/C6H8N2O3/c1-10-4-5(9)7-3-8-6(4)11-2/h3H,1-2H3,(H,7,8,9). The molecule has 5 nitrogen and oxygen atoms in total. The minimum absolute atomic E-state index is 0.0926. The van der Waals surface area contributed by atoms with E-state index in [4.69, 9.17) is 9.47 Å². The Balaban J connectivity index is 3.24. The van der Waals surface area contributed by atoms with Gasteiger partial charge in [0.25, 0.3) is 11.4 Å². The summed E-state index contributed by atoms with van der Waals surface area (Å²) in [5, 5.41) is 0. The molecule has 1 rings (SSSR count). The number of nitrogens with one attached hydrogen (secondary N) is 1. The van der Waals surface area contributed by atoms with Gasteiger partial charge in [-0.3, -0.25) is 4.79 Å². The molecular weight excluding hydrogens is 148 g/mol. The van der Waals surface area contributed by atoms with Crippen LogP contribution in [-0.2, 0) is 0 Å². The van der Waals surface area contributed by atoms with Crippen LogP contribution in [0.15, 0.2) is 11.1 Å². The quantitative estimate of drug-likeness (QED) is 0.643. The molecule has 0 aromatic carbocycles. The molecule has 0 radical (unpaired) electrons. The first-order valence-electron chi connectivity index (χ1n) is 2.95. The Morgan fingerprint density at radius 1 is 1.45 bits per heavy atom. The topological polar surface area (TPSA) is 64.2 Å². The molecule has 1 aromatic rings. The van der Waals surface area contributed by atoms with E-state index in [1.807, 2.05) is 0 Å². The van der Waals surface area contributed by atoms with E-state index in [2.05, 4.69) is 9.97 Å². The third-order valence-electron chi connectivity index (χ3n) is 1.18. The number of ether oxygens (including phenoxy) is 2.